The smallest absolute Gasteiger partial charge is 0.257 e. The highest BCUT2D eigenvalue weighted by atomic mass is 16.2. The lowest BCUT2D eigenvalue weighted by molar-refractivity contribution is -0.134. The number of carbonyl (C=O) groups excluding carboxylic acids is 1. The van der Waals surface area contributed by atoms with Crippen molar-refractivity contribution >= 4 is 11.6 Å². The van der Waals surface area contributed by atoms with E-state index < -0.39 is 0 Å². The zero-order valence-corrected chi connectivity index (χ0v) is 19.7. The molecule has 2 aliphatic heterocycles. The monoisotopic (exact) mass is 437 g/mol. The Kier molecular flexibility index (Phi) is 5.86. The predicted octanol–water partition coefficient (Wildman–Crippen LogP) is 5.35. The van der Waals surface area contributed by atoms with Crippen LogP contribution in [0.1, 0.15) is 51.4 Å². The lowest BCUT2D eigenvalue weighted by Crippen LogP contribution is -2.40. The summed E-state index contributed by atoms with van der Waals surface area (Å²) >= 11 is 0. The van der Waals surface area contributed by atoms with Crippen molar-refractivity contribution in [3.63, 3.8) is 0 Å². The van der Waals surface area contributed by atoms with Gasteiger partial charge < -0.3 is 0 Å². The molecule has 3 aromatic carbocycles. The first kappa shape index (κ1) is 21.6. The average molecular weight is 438 g/mol. The number of nitrogens with zero attached hydrogens (tertiary/aromatic N) is 3. The summed E-state index contributed by atoms with van der Waals surface area (Å²) in [5.41, 5.74) is 9.69. The van der Waals surface area contributed by atoms with Crippen LogP contribution >= 0.6 is 0 Å². The van der Waals surface area contributed by atoms with Crippen molar-refractivity contribution in [1.29, 1.82) is 0 Å². The molecule has 0 saturated heterocycles. The fourth-order valence-corrected chi connectivity index (χ4v) is 5.20. The molecule has 0 N–H and O–H groups in total. The number of hydrazone groups is 1. The molecule has 0 aliphatic carbocycles. The van der Waals surface area contributed by atoms with Gasteiger partial charge in [0.15, 0.2) is 0 Å². The summed E-state index contributed by atoms with van der Waals surface area (Å²) in [4.78, 5) is 15.9. The Bertz CT molecular complexity index is 1230. The zero-order valence-electron chi connectivity index (χ0n) is 19.7. The maximum Gasteiger partial charge on any atom is 0.257 e. The fraction of sp³-hybridized carbons (Fsp3) is 0.310. The number of rotatable bonds is 4. The van der Waals surface area contributed by atoms with Crippen LogP contribution in [0.4, 0.5) is 0 Å². The summed E-state index contributed by atoms with van der Waals surface area (Å²) in [7, 11) is 0. The third-order valence-electron chi connectivity index (χ3n) is 6.97. The van der Waals surface area contributed by atoms with Crippen LogP contribution in [-0.4, -0.2) is 34.6 Å². The maximum atomic E-state index is 13.6. The molecule has 4 nitrogen and oxygen atoms in total. The van der Waals surface area contributed by atoms with E-state index in [1.165, 1.54) is 33.4 Å². The van der Waals surface area contributed by atoms with Crippen molar-refractivity contribution in [3.05, 3.63) is 106 Å². The van der Waals surface area contributed by atoms with Crippen LogP contribution in [0, 0.1) is 20.8 Å². The van der Waals surface area contributed by atoms with E-state index in [9.17, 15) is 4.79 Å². The summed E-state index contributed by atoms with van der Waals surface area (Å²) in [5.74, 6) is 0.0717. The number of amides is 1. The molecule has 0 bridgehead atoms. The summed E-state index contributed by atoms with van der Waals surface area (Å²) in [5, 5.41) is 6.69. The van der Waals surface area contributed by atoms with Crippen LogP contribution < -0.4 is 0 Å². The molecule has 4 heteroatoms. The molecule has 3 aromatic rings. The molecular formula is C29H31N3O. The van der Waals surface area contributed by atoms with Crippen molar-refractivity contribution in [2.24, 2.45) is 5.10 Å². The van der Waals surface area contributed by atoms with Crippen LogP contribution in [0.15, 0.2) is 71.8 Å². The van der Waals surface area contributed by atoms with Crippen molar-refractivity contribution in [2.75, 3.05) is 13.1 Å². The maximum absolute atomic E-state index is 13.6. The molecule has 0 saturated carbocycles. The van der Waals surface area contributed by atoms with Gasteiger partial charge in [-0.05, 0) is 55.0 Å². The first-order valence-electron chi connectivity index (χ1n) is 11.8. The van der Waals surface area contributed by atoms with Gasteiger partial charge >= 0.3 is 0 Å². The van der Waals surface area contributed by atoms with Crippen molar-refractivity contribution in [2.45, 2.75) is 46.2 Å². The van der Waals surface area contributed by atoms with Crippen molar-refractivity contribution in [1.82, 2.24) is 9.91 Å². The summed E-state index contributed by atoms with van der Waals surface area (Å²) in [6, 6.07) is 23.3. The zero-order chi connectivity index (χ0) is 22.9. The van der Waals surface area contributed by atoms with Gasteiger partial charge in [0.05, 0.1) is 18.3 Å². The number of carbonyl (C=O) groups is 1. The molecular weight excluding hydrogens is 406 g/mol. The normalized spacial score (nSPS) is 18.2. The lowest BCUT2D eigenvalue weighted by atomic mass is 9.93. The van der Waals surface area contributed by atoms with E-state index in [0.29, 0.717) is 6.54 Å². The van der Waals surface area contributed by atoms with E-state index >= 15 is 0 Å². The van der Waals surface area contributed by atoms with Gasteiger partial charge in [0.1, 0.15) is 0 Å². The number of hydrogen-bond donors (Lipinski definition) is 0. The molecule has 1 atom stereocenters. The quantitative estimate of drug-likeness (QED) is 0.552. The first-order chi connectivity index (χ1) is 16.0. The largest absolute Gasteiger partial charge is 0.290 e. The molecule has 0 radical (unpaired) electrons. The first-order valence-corrected chi connectivity index (χ1v) is 11.8. The molecule has 0 spiro atoms. The number of aryl methyl sites for hydroxylation is 3. The van der Waals surface area contributed by atoms with Crippen LogP contribution in [-0.2, 0) is 17.8 Å². The van der Waals surface area contributed by atoms with Gasteiger partial charge in [0.2, 0.25) is 0 Å². The second kappa shape index (κ2) is 8.95. The minimum Gasteiger partial charge on any atom is -0.290 e. The average Bonchev–Trinajstić information content (AvgIpc) is 3.24. The van der Waals surface area contributed by atoms with Gasteiger partial charge in [-0.25, -0.2) is 5.01 Å². The summed E-state index contributed by atoms with van der Waals surface area (Å²) in [6.07, 6.45) is 1.73. The molecule has 2 heterocycles. The third kappa shape index (κ3) is 4.36. The number of hydrogen-bond acceptors (Lipinski definition) is 3. The highest BCUT2D eigenvalue weighted by molar-refractivity contribution is 6.04. The van der Waals surface area contributed by atoms with Gasteiger partial charge in [0, 0.05) is 25.1 Å². The van der Waals surface area contributed by atoms with E-state index in [-0.39, 0.29) is 11.9 Å². The Morgan fingerprint density at radius 2 is 1.70 bits per heavy atom. The Morgan fingerprint density at radius 1 is 0.939 bits per heavy atom. The van der Waals surface area contributed by atoms with Crippen LogP contribution in [0.25, 0.3) is 0 Å². The molecule has 0 fully saturated rings. The minimum absolute atomic E-state index is 0.0634. The number of benzene rings is 3. The van der Waals surface area contributed by atoms with E-state index in [1.807, 2.05) is 0 Å². The predicted molar refractivity (Wildman–Crippen MR) is 133 cm³/mol. The van der Waals surface area contributed by atoms with Gasteiger partial charge in [-0.1, -0.05) is 72.3 Å². The fourth-order valence-electron chi connectivity index (χ4n) is 5.20. The minimum atomic E-state index is -0.0634. The third-order valence-corrected chi connectivity index (χ3v) is 6.97. The molecule has 1 amide bonds. The molecule has 5 rings (SSSR count). The standard InChI is InChI=1S/C29H31N3O/c1-20-12-13-25(22(3)16-20)27-17-28(26-11-7-4-8-21(26)2)32(30-27)29(33)19-31-15-14-23-9-5-6-10-24(23)18-31/h4-13,16,28H,14-15,17-19H2,1-3H3/t28-/m1/s1. The summed E-state index contributed by atoms with van der Waals surface area (Å²) in [6.45, 7) is 8.46. The van der Waals surface area contributed by atoms with E-state index in [0.717, 1.165) is 37.2 Å². The SMILES string of the molecule is Cc1ccc(C2=NN(C(=O)CN3CCc4ccccc4C3)[C@@H](c3ccccc3C)C2)c(C)c1. The highest BCUT2D eigenvalue weighted by Gasteiger charge is 2.35. The van der Waals surface area contributed by atoms with Gasteiger partial charge in [-0.3, -0.25) is 9.69 Å². The van der Waals surface area contributed by atoms with Crippen LogP contribution in [0.5, 0.6) is 0 Å². The molecule has 168 valence electrons. The second-order valence-electron chi connectivity index (χ2n) is 9.41. The lowest BCUT2D eigenvalue weighted by Gasteiger charge is -2.30. The number of fused-ring (bicyclic) bond motifs is 1. The molecule has 2 aliphatic rings. The summed E-state index contributed by atoms with van der Waals surface area (Å²) < 4.78 is 0. The van der Waals surface area contributed by atoms with Crippen molar-refractivity contribution < 1.29 is 4.79 Å². The van der Waals surface area contributed by atoms with E-state index in [1.54, 1.807) is 5.01 Å². The van der Waals surface area contributed by atoms with E-state index in [2.05, 4.69) is 92.4 Å². The second-order valence-corrected chi connectivity index (χ2v) is 9.41. The van der Waals surface area contributed by atoms with Crippen LogP contribution in [0.2, 0.25) is 0 Å². The molecule has 0 unspecified atom stereocenters. The Balaban J connectivity index is 1.43. The van der Waals surface area contributed by atoms with Gasteiger partial charge in [-0.15, -0.1) is 0 Å². The Labute approximate surface area is 196 Å². The Morgan fingerprint density at radius 3 is 2.48 bits per heavy atom. The van der Waals surface area contributed by atoms with Crippen LogP contribution in [0.3, 0.4) is 0 Å². The highest BCUT2D eigenvalue weighted by Crippen LogP contribution is 2.35. The van der Waals surface area contributed by atoms with Gasteiger partial charge in [-0.2, -0.15) is 5.10 Å². The Hall–Kier alpha value is -3.24. The van der Waals surface area contributed by atoms with Gasteiger partial charge in [0.25, 0.3) is 5.91 Å². The van der Waals surface area contributed by atoms with Crippen molar-refractivity contribution in [3.8, 4) is 0 Å². The molecule has 0 aromatic heterocycles. The van der Waals surface area contributed by atoms with E-state index in [4.69, 9.17) is 5.10 Å². The molecule has 33 heavy (non-hydrogen) atoms. The topological polar surface area (TPSA) is 35.9 Å².